The molecule has 1 atom stereocenters. The van der Waals surface area contributed by atoms with Crippen LogP contribution in [0.15, 0.2) is 48.5 Å². The first kappa shape index (κ1) is 15.7. The number of alkyl carbamates (subject to hydrolysis) is 1. The summed E-state index contributed by atoms with van der Waals surface area (Å²) in [5.41, 5.74) is 1.42. The first-order valence-corrected chi connectivity index (χ1v) is 6.95. The van der Waals surface area contributed by atoms with Crippen molar-refractivity contribution in [3.63, 3.8) is 0 Å². The second-order valence-corrected chi connectivity index (χ2v) is 4.82. The molecule has 0 radical (unpaired) electrons. The lowest BCUT2D eigenvalue weighted by atomic mass is 10.1. The number of benzene rings is 2. The van der Waals surface area contributed by atoms with Crippen LogP contribution >= 0.6 is 0 Å². The predicted molar refractivity (Wildman–Crippen MR) is 82.8 cm³/mol. The van der Waals surface area contributed by atoms with E-state index in [9.17, 15) is 9.90 Å². The number of phenolic OH excluding ortho intramolecular Hbond substituents is 1. The average molecular weight is 301 g/mol. The molecule has 2 rings (SSSR count). The van der Waals surface area contributed by atoms with E-state index in [0.717, 1.165) is 5.56 Å². The number of nitrogens with one attached hydrogen (secondary N) is 1. The molecule has 0 spiro atoms. The number of carbonyl (C=O) groups excluding carboxylic acids is 1. The Balaban J connectivity index is 1.97. The van der Waals surface area contributed by atoms with Gasteiger partial charge >= 0.3 is 6.09 Å². The highest BCUT2D eigenvalue weighted by Gasteiger charge is 2.18. The van der Waals surface area contributed by atoms with Crippen molar-refractivity contribution in [2.24, 2.45) is 0 Å². The van der Waals surface area contributed by atoms with Crippen molar-refractivity contribution in [2.75, 3.05) is 7.11 Å². The van der Waals surface area contributed by atoms with Crippen LogP contribution in [0, 0.1) is 0 Å². The van der Waals surface area contributed by atoms with Crippen LogP contribution in [0.5, 0.6) is 11.5 Å². The van der Waals surface area contributed by atoms with Gasteiger partial charge in [-0.05, 0) is 24.6 Å². The van der Waals surface area contributed by atoms with E-state index in [1.807, 2.05) is 30.3 Å². The highest BCUT2D eigenvalue weighted by molar-refractivity contribution is 5.68. The zero-order valence-electron chi connectivity index (χ0n) is 12.6. The highest BCUT2D eigenvalue weighted by atomic mass is 16.5. The lowest BCUT2D eigenvalue weighted by molar-refractivity contribution is 0.136. The third-order valence-corrected chi connectivity index (χ3v) is 3.24. The molecular weight excluding hydrogens is 282 g/mol. The molecule has 0 heterocycles. The van der Waals surface area contributed by atoms with Gasteiger partial charge in [-0.2, -0.15) is 0 Å². The number of carbonyl (C=O) groups is 1. The molecule has 0 saturated heterocycles. The molecule has 0 aliphatic heterocycles. The van der Waals surface area contributed by atoms with Crippen molar-refractivity contribution < 1.29 is 19.4 Å². The van der Waals surface area contributed by atoms with E-state index in [4.69, 9.17) is 9.47 Å². The van der Waals surface area contributed by atoms with Gasteiger partial charge in [0.25, 0.3) is 0 Å². The van der Waals surface area contributed by atoms with Gasteiger partial charge in [0.15, 0.2) is 0 Å². The lowest BCUT2D eigenvalue weighted by Gasteiger charge is -2.18. The first-order chi connectivity index (χ1) is 10.6. The smallest absolute Gasteiger partial charge is 0.407 e. The van der Waals surface area contributed by atoms with E-state index in [0.29, 0.717) is 11.3 Å². The number of amides is 1. The van der Waals surface area contributed by atoms with Crippen LogP contribution in [-0.2, 0) is 11.3 Å². The standard InChI is InChI=1S/C17H19NO4/c1-12(16-14(19)9-6-10-15(16)21-2)18-17(20)22-11-13-7-4-3-5-8-13/h3-10,12,19H,11H2,1-2H3,(H,18,20)/t12-/m1/s1. The number of phenols is 1. The van der Waals surface area contributed by atoms with Gasteiger partial charge in [0.2, 0.25) is 0 Å². The summed E-state index contributed by atoms with van der Waals surface area (Å²) in [7, 11) is 1.51. The van der Waals surface area contributed by atoms with Gasteiger partial charge in [-0.3, -0.25) is 0 Å². The minimum Gasteiger partial charge on any atom is -0.507 e. The fraction of sp³-hybridized carbons (Fsp3) is 0.235. The summed E-state index contributed by atoms with van der Waals surface area (Å²) in [6, 6.07) is 13.9. The van der Waals surface area contributed by atoms with Gasteiger partial charge in [-0.25, -0.2) is 4.79 Å². The largest absolute Gasteiger partial charge is 0.507 e. The second-order valence-electron chi connectivity index (χ2n) is 4.82. The fourth-order valence-corrected chi connectivity index (χ4v) is 2.16. The summed E-state index contributed by atoms with van der Waals surface area (Å²) in [5, 5.41) is 12.6. The molecule has 2 aromatic rings. The molecule has 5 nitrogen and oxygen atoms in total. The predicted octanol–water partition coefficient (Wildman–Crippen LogP) is 3.39. The van der Waals surface area contributed by atoms with Gasteiger partial charge in [-0.15, -0.1) is 0 Å². The van der Waals surface area contributed by atoms with Gasteiger partial charge in [-0.1, -0.05) is 36.4 Å². The van der Waals surface area contributed by atoms with E-state index >= 15 is 0 Å². The minimum atomic E-state index is -0.554. The zero-order valence-corrected chi connectivity index (χ0v) is 12.6. The highest BCUT2D eigenvalue weighted by Crippen LogP contribution is 2.32. The van der Waals surface area contributed by atoms with Crippen molar-refractivity contribution in [2.45, 2.75) is 19.6 Å². The Morgan fingerprint density at radius 2 is 1.91 bits per heavy atom. The Bertz CT molecular complexity index is 628. The van der Waals surface area contributed by atoms with Crippen LogP contribution in [0.25, 0.3) is 0 Å². The second kappa shape index (κ2) is 7.36. The molecule has 0 aliphatic rings. The van der Waals surface area contributed by atoms with E-state index < -0.39 is 12.1 Å². The molecule has 2 aromatic carbocycles. The monoisotopic (exact) mass is 301 g/mol. The Hall–Kier alpha value is -2.69. The van der Waals surface area contributed by atoms with E-state index in [1.54, 1.807) is 25.1 Å². The summed E-state index contributed by atoms with van der Waals surface area (Å²) in [5.74, 6) is 0.575. The molecule has 0 aliphatic carbocycles. The Kier molecular flexibility index (Phi) is 5.25. The van der Waals surface area contributed by atoms with Gasteiger partial charge in [0, 0.05) is 0 Å². The maximum atomic E-state index is 11.9. The maximum absolute atomic E-state index is 11.9. The Labute approximate surface area is 129 Å². The summed E-state index contributed by atoms with van der Waals surface area (Å²) >= 11 is 0. The average Bonchev–Trinajstić information content (AvgIpc) is 2.53. The van der Waals surface area contributed by atoms with Crippen LogP contribution in [0.2, 0.25) is 0 Å². The number of ether oxygens (including phenoxy) is 2. The molecule has 116 valence electrons. The van der Waals surface area contributed by atoms with Crippen LogP contribution in [0.1, 0.15) is 24.1 Å². The zero-order chi connectivity index (χ0) is 15.9. The molecule has 0 fully saturated rings. The molecule has 0 aromatic heterocycles. The number of rotatable bonds is 5. The molecule has 1 amide bonds. The molecular formula is C17H19NO4. The topological polar surface area (TPSA) is 67.8 Å². The van der Waals surface area contributed by atoms with E-state index in [2.05, 4.69) is 5.32 Å². The number of hydrogen-bond acceptors (Lipinski definition) is 4. The van der Waals surface area contributed by atoms with Crippen molar-refractivity contribution in [1.29, 1.82) is 0 Å². The molecule has 5 heteroatoms. The molecule has 0 saturated carbocycles. The summed E-state index contributed by atoms with van der Waals surface area (Å²) < 4.78 is 10.4. The molecule has 22 heavy (non-hydrogen) atoms. The molecule has 0 unspecified atom stereocenters. The normalized spacial score (nSPS) is 11.5. The molecule has 0 bridgehead atoms. The Morgan fingerprint density at radius 1 is 1.18 bits per heavy atom. The quantitative estimate of drug-likeness (QED) is 0.888. The first-order valence-electron chi connectivity index (χ1n) is 6.95. The van der Waals surface area contributed by atoms with Gasteiger partial charge in [0.05, 0.1) is 18.7 Å². The van der Waals surface area contributed by atoms with E-state index in [1.165, 1.54) is 7.11 Å². The number of methoxy groups -OCH3 is 1. The summed E-state index contributed by atoms with van der Waals surface area (Å²) in [6.45, 7) is 1.94. The van der Waals surface area contributed by atoms with Crippen LogP contribution in [0.3, 0.4) is 0 Å². The van der Waals surface area contributed by atoms with Crippen LogP contribution in [-0.4, -0.2) is 18.3 Å². The Morgan fingerprint density at radius 3 is 2.59 bits per heavy atom. The third-order valence-electron chi connectivity index (χ3n) is 3.24. The van der Waals surface area contributed by atoms with Crippen LogP contribution in [0.4, 0.5) is 4.79 Å². The number of aromatic hydroxyl groups is 1. The maximum Gasteiger partial charge on any atom is 0.407 e. The van der Waals surface area contributed by atoms with Crippen molar-refractivity contribution in [1.82, 2.24) is 5.32 Å². The SMILES string of the molecule is COc1cccc(O)c1[C@@H](C)NC(=O)OCc1ccccc1. The van der Waals surface area contributed by atoms with Gasteiger partial charge < -0.3 is 19.9 Å². The summed E-state index contributed by atoms with van der Waals surface area (Å²) in [6.07, 6.45) is -0.554. The van der Waals surface area contributed by atoms with Crippen LogP contribution < -0.4 is 10.1 Å². The van der Waals surface area contributed by atoms with Gasteiger partial charge in [0.1, 0.15) is 18.1 Å². The fourth-order valence-electron chi connectivity index (χ4n) is 2.16. The number of hydrogen-bond donors (Lipinski definition) is 2. The van der Waals surface area contributed by atoms with Crippen molar-refractivity contribution >= 4 is 6.09 Å². The molecule has 2 N–H and O–H groups in total. The van der Waals surface area contributed by atoms with Crippen molar-refractivity contribution in [3.05, 3.63) is 59.7 Å². The third kappa shape index (κ3) is 3.91. The lowest BCUT2D eigenvalue weighted by Crippen LogP contribution is -2.27. The minimum absolute atomic E-state index is 0.0650. The van der Waals surface area contributed by atoms with E-state index in [-0.39, 0.29) is 12.4 Å². The van der Waals surface area contributed by atoms with Crippen molar-refractivity contribution in [3.8, 4) is 11.5 Å². The summed E-state index contributed by atoms with van der Waals surface area (Å²) in [4.78, 5) is 11.9.